The van der Waals surface area contributed by atoms with Gasteiger partial charge in [-0.3, -0.25) is 0 Å². The molecule has 0 aromatic heterocycles. The highest BCUT2D eigenvalue weighted by Gasteiger charge is 2.16. The van der Waals surface area contributed by atoms with Crippen molar-refractivity contribution in [2.75, 3.05) is 32.8 Å². The minimum Gasteiger partial charge on any atom is -0.490 e. The lowest BCUT2D eigenvalue weighted by Crippen LogP contribution is -2.31. The van der Waals surface area contributed by atoms with Crippen LogP contribution >= 0.6 is 0 Å². The third-order valence-corrected chi connectivity index (χ3v) is 4.32. The van der Waals surface area contributed by atoms with E-state index in [0.717, 1.165) is 36.4 Å². The van der Waals surface area contributed by atoms with Crippen LogP contribution in [0.5, 0.6) is 11.5 Å². The Hall–Kier alpha value is -1.26. The van der Waals surface area contributed by atoms with Gasteiger partial charge in [0.25, 0.3) is 0 Å². The number of aliphatic hydroxyl groups excluding tert-OH is 1. The number of rotatable bonds is 4. The van der Waals surface area contributed by atoms with Crippen molar-refractivity contribution in [3.05, 3.63) is 23.8 Å². The van der Waals surface area contributed by atoms with E-state index >= 15 is 0 Å². The van der Waals surface area contributed by atoms with E-state index in [0.29, 0.717) is 13.2 Å². The van der Waals surface area contributed by atoms with E-state index in [1.807, 2.05) is 18.2 Å². The second kappa shape index (κ2) is 7.14. The normalized spacial score (nSPS) is 20.8. The molecule has 0 radical (unpaired) electrons. The first-order chi connectivity index (χ1) is 10.3. The maximum absolute atomic E-state index is 10.4. The lowest BCUT2D eigenvalue weighted by atomic mass is 10.0. The highest BCUT2D eigenvalue weighted by atomic mass is 16.5. The third-order valence-electron chi connectivity index (χ3n) is 4.32. The van der Waals surface area contributed by atoms with Crippen molar-refractivity contribution >= 4 is 0 Å². The second-order valence-electron chi connectivity index (χ2n) is 5.96. The van der Waals surface area contributed by atoms with Crippen molar-refractivity contribution in [3.63, 3.8) is 0 Å². The fourth-order valence-corrected chi connectivity index (χ4v) is 3.04. The van der Waals surface area contributed by atoms with Crippen molar-refractivity contribution < 1.29 is 14.6 Å². The van der Waals surface area contributed by atoms with Crippen LogP contribution in [0.1, 0.15) is 43.8 Å². The number of nitrogens with zero attached hydrogens (tertiary/aromatic N) is 1. The minimum atomic E-state index is -0.427. The summed E-state index contributed by atoms with van der Waals surface area (Å²) < 4.78 is 11.3. The van der Waals surface area contributed by atoms with Crippen LogP contribution in [0.4, 0.5) is 0 Å². The Morgan fingerprint density at radius 3 is 2.57 bits per heavy atom. The maximum Gasteiger partial charge on any atom is 0.161 e. The number of likely N-dealkylation sites (tertiary alicyclic amines) is 1. The first kappa shape index (κ1) is 14.7. The molecule has 1 atom stereocenters. The van der Waals surface area contributed by atoms with Crippen molar-refractivity contribution in [2.45, 2.75) is 38.2 Å². The van der Waals surface area contributed by atoms with Gasteiger partial charge in [0.1, 0.15) is 0 Å². The molecule has 1 aromatic rings. The molecule has 1 unspecified atom stereocenters. The molecule has 4 nitrogen and oxygen atoms in total. The SMILES string of the molecule is OC(CCN1CCCCC1)c1ccc2c(c1)OCCCO2. The highest BCUT2D eigenvalue weighted by molar-refractivity contribution is 5.44. The Morgan fingerprint density at radius 1 is 1.00 bits per heavy atom. The molecule has 0 spiro atoms. The lowest BCUT2D eigenvalue weighted by Gasteiger charge is -2.27. The van der Waals surface area contributed by atoms with Gasteiger partial charge in [-0.1, -0.05) is 12.5 Å². The van der Waals surface area contributed by atoms with Crippen LogP contribution < -0.4 is 9.47 Å². The van der Waals surface area contributed by atoms with E-state index in [1.165, 1.54) is 32.4 Å². The molecule has 0 saturated carbocycles. The Bertz CT molecular complexity index is 457. The van der Waals surface area contributed by atoms with Gasteiger partial charge in [0.15, 0.2) is 11.5 Å². The zero-order chi connectivity index (χ0) is 14.5. The second-order valence-corrected chi connectivity index (χ2v) is 5.96. The summed E-state index contributed by atoms with van der Waals surface area (Å²) in [6.07, 6.45) is 5.19. The zero-order valence-electron chi connectivity index (χ0n) is 12.6. The van der Waals surface area contributed by atoms with Gasteiger partial charge in [-0.15, -0.1) is 0 Å². The predicted molar refractivity (Wildman–Crippen MR) is 81.9 cm³/mol. The molecule has 2 aliphatic heterocycles. The number of piperidine rings is 1. The maximum atomic E-state index is 10.4. The molecule has 1 N–H and O–H groups in total. The van der Waals surface area contributed by atoms with Crippen LogP contribution in [0, 0.1) is 0 Å². The lowest BCUT2D eigenvalue weighted by molar-refractivity contribution is 0.133. The van der Waals surface area contributed by atoms with Gasteiger partial charge in [0.2, 0.25) is 0 Å². The van der Waals surface area contributed by atoms with E-state index < -0.39 is 6.10 Å². The predicted octanol–water partition coefficient (Wildman–Crippen LogP) is 2.76. The largest absolute Gasteiger partial charge is 0.490 e. The fraction of sp³-hybridized carbons (Fsp3) is 0.647. The molecule has 0 aliphatic carbocycles. The molecular formula is C17H25NO3. The topological polar surface area (TPSA) is 41.9 Å². The molecule has 0 bridgehead atoms. The van der Waals surface area contributed by atoms with Crippen LogP contribution in [0.3, 0.4) is 0 Å². The van der Waals surface area contributed by atoms with Crippen LogP contribution in [0.2, 0.25) is 0 Å². The highest BCUT2D eigenvalue weighted by Crippen LogP contribution is 2.33. The summed E-state index contributed by atoms with van der Waals surface area (Å²) in [5.41, 5.74) is 0.927. The van der Waals surface area contributed by atoms with E-state index in [2.05, 4.69) is 4.90 Å². The number of benzene rings is 1. The monoisotopic (exact) mass is 291 g/mol. The average molecular weight is 291 g/mol. The molecule has 116 valence electrons. The summed E-state index contributed by atoms with van der Waals surface area (Å²) in [4.78, 5) is 2.45. The molecule has 0 amide bonds. The number of aliphatic hydroxyl groups is 1. The van der Waals surface area contributed by atoms with Crippen molar-refractivity contribution in [3.8, 4) is 11.5 Å². The molecular weight excluding hydrogens is 266 g/mol. The number of fused-ring (bicyclic) bond motifs is 1. The standard InChI is InChI=1S/C17H25NO3/c19-15(7-10-18-8-2-1-3-9-18)14-5-6-16-17(13-14)21-12-4-11-20-16/h5-6,13,15,19H,1-4,7-12H2. The fourth-order valence-electron chi connectivity index (χ4n) is 3.04. The van der Waals surface area contributed by atoms with Gasteiger partial charge in [-0.05, 0) is 50.0 Å². The molecule has 4 heteroatoms. The summed E-state index contributed by atoms with van der Waals surface area (Å²) in [5, 5.41) is 10.4. The van der Waals surface area contributed by atoms with Crippen LogP contribution in [0.25, 0.3) is 0 Å². The molecule has 3 rings (SSSR count). The summed E-state index contributed by atoms with van der Waals surface area (Å²) in [6.45, 7) is 4.70. The van der Waals surface area contributed by atoms with Gasteiger partial charge in [0, 0.05) is 13.0 Å². The van der Waals surface area contributed by atoms with Crippen LogP contribution in [-0.4, -0.2) is 42.9 Å². The quantitative estimate of drug-likeness (QED) is 0.926. The molecule has 1 fully saturated rings. The Morgan fingerprint density at radius 2 is 1.76 bits per heavy atom. The Balaban J connectivity index is 1.58. The van der Waals surface area contributed by atoms with Crippen molar-refractivity contribution in [2.24, 2.45) is 0 Å². The average Bonchev–Trinajstić information content (AvgIpc) is 2.78. The van der Waals surface area contributed by atoms with E-state index in [4.69, 9.17) is 9.47 Å². The summed E-state index contributed by atoms with van der Waals surface area (Å²) in [7, 11) is 0. The van der Waals surface area contributed by atoms with Crippen molar-refractivity contribution in [1.82, 2.24) is 4.90 Å². The first-order valence-electron chi connectivity index (χ1n) is 8.13. The van der Waals surface area contributed by atoms with Gasteiger partial charge < -0.3 is 19.5 Å². The number of hydrogen-bond acceptors (Lipinski definition) is 4. The Kier molecular flexibility index (Phi) is 4.99. The minimum absolute atomic E-state index is 0.427. The van der Waals surface area contributed by atoms with Crippen molar-refractivity contribution in [1.29, 1.82) is 0 Å². The van der Waals surface area contributed by atoms with Crippen LogP contribution in [0.15, 0.2) is 18.2 Å². The number of ether oxygens (including phenoxy) is 2. The molecule has 2 heterocycles. The van der Waals surface area contributed by atoms with E-state index in [-0.39, 0.29) is 0 Å². The van der Waals surface area contributed by atoms with Gasteiger partial charge in [-0.25, -0.2) is 0 Å². The van der Waals surface area contributed by atoms with Gasteiger partial charge in [0.05, 0.1) is 19.3 Å². The molecule has 21 heavy (non-hydrogen) atoms. The number of hydrogen-bond donors (Lipinski definition) is 1. The molecule has 1 saturated heterocycles. The van der Waals surface area contributed by atoms with E-state index in [1.54, 1.807) is 0 Å². The van der Waals surface area contributed by atoms with Crippen LogP contribution in [-0.2, 0) is 0 Å². The third kappa shape index (κ3) is 3.89. The first-order valence-corrected chi connectivity index (χ1v) is 8.13. The van der Waals surface area contributed by atoms with E-state index in [9.17, 15) is 5.11 Å². The molecule has 1 aromatic carbocycles. The zero-order valence-corrected chi connectivity index (χ0v) is 12.6. The Labute approximate surface area is 126 Å². The summed E-state index contributed by atoms with van der Waals surface area (Å²) in [6, 6.07) is 5.80. The summed E-state index contributed by atoms with van der Waals surface area (Å²) in [5.74, 6) is 1.56. The van der Waals surface area contributed by atoms with Gasteiger partial charge in [-0.2, -0.15) is 0 Å². The summed E-state index contributed by atoms with van der Waals surface area (Å²) >= 11 is 0. The van der Waals surface area contributed by atoms with Gasteiger partial charge >= 0.3 is 0 Å². The smallest absolute Gasteiger partial charge is 0.161 e. The molecule has 2 aliphatic rings.